The van der Waals surface area contributed by atoms with E-state index in [1.165, 1.54) is 18.5 Å². The number of hydrogen-bond acceptors (Lipinski definition) is 4. The van der Waals surface area contributed by atoms with Gasteiger partial charge >= 0.3 is 0 Å². The molecule has 1 aromatic carbocycles. The molecule has 2 aromatic rings. The van der Waals surface area contributed by atoms with E-state index < -0.39 is 0 Å². The van der Waals surface area contributed by atoms with Crippen LogP contribution in [0.1, 0.15) is 18.0 Å². The summed E-state index contributed by atoms with van der Waals surface area (Å²) in [5, 5.41) is 7.26. The molecule has 124 valence electrons. The highest BCUT2D eigenvalue weighted by atomic mass is 35.5. The summed E-state index contributed by atoms with van der Waals surface area (Å²) in [4.78, 5) is 18.2. The number of halogens is 2. The molecule has 0 radical (unpaired) electrons. The predicted octanol–water partition coefficient (Wildman–Crippen LogP) is 1.40. The van der Waals surface area contributed by atoms with Crippen LogP contribution in [0.5, 0.6) is 0 Å². The summed E-state index contributed by atoms with van der Waals surface area (Å²) in [6.07, 6.45) is 3.40. The van der Waals surface area contributed by atoms with Crippen molar-refractivity contribution in [3.05, 3.63) is 48.3 Å². The summed E-state index contributed by atoms with van der Waals surface area (Å²) >= 11 is 0. The van der Waals surface area contributed by atoms with Gasteiger partial charge in [-0.15, -0.1) is 12.4 Å². The Kier molecular flexibility index (Phi) is 6.06. The first-order chi connectivity index (χ1) is 10.7. The molecule has 1 saturated heterocycles. The number of nitrogens with one attached hydrogen (secondary N) is 1. The van der Waals surface area contributed by atoms with Gasteiger partial charge in [-0.05, 0) is 17.7 Å². The van der Waals surface area contributed by atoms with Crippen molar-refractivity contribution in [1.82, 2.24) is 25.0 Å². The third-order valence-corrected chi connectivity index (χ3v) is 3.82. The lowest BCUT2D eigenvalue weighted by Crippen LogP contribution is -2.48. The molecule has 1 fully saturated rings. The van der Waals surface area contributed by atoms with E-state index in [1.54, 1.807) is 17.1 Å². The van der Waals surface area contributed by atoms with Crippen LogP contribution in [-0.2, 0) is 11.3 Å². The summed E-state index contributed by atoms with van der Waals surface area (Å²) in [7, 11) is 0. The van der Waals surface area contributed by atoms with Gasteiger partial charge in [0.2, 0.25) is 5.91 Å². The van der Waals surface area contributed by atoms with Gasteiger partial charge in [-0.25, -0.2) is 9.37 Å². The van der Waals surface area contributed by atoms with Crippen LogP contribution in [-0.4, -0.2) is 45.2 Å². The van der Waals surface area contributed by atoms with E-state index in [2.05, 4.69) is 15.4 Å². The van der Waals surface area contributed by atoms with E-state index in [4.69, 9.17) is 0 Å². The second kappa shape index (κ2) is 8.03. The van der Waals surface area contributed by atoms with Gasteiger partial charge < -0.3 is 10.2 Å². The summed E-state index contributed by atoms with van der Waals surface area (Å²) in [6, 6.07) is 6.31. The number of nitrogens with zero attached hydrogens (tertiary/aromatic N) is 4. The number of aryl methyl sites for hydroxylation is 1. The minimum Gasteiger partial charge on any atom is -0.333 e. The highest BCUT2D eigenvalue weighted by Crippen LogP contribution is 2.23. The van der Waals surface area contributed by atoms with Gasteiger partial charge in [0.25, 0.3) is 0 Å². The van der Waals surface area contributed by atoms with Crippen LogP contribution < -0.4 is 5.32 Å². The average Bonchev–Trinajstić information content (AvgIpc) is 3.06. The molecule has 3 rings (SSSR count). The predicted molar refractivity (Wildman–Crippen MR) is 85.6 cm³/mol. The zero-order chi connectivity index (χ0) is 15.4. The second-order valence-corrected chi connectivity index (χ2v) is 5.27. The number of hydrogen-bond donors (Lipinski definition) is 1. The van der Waals surface area contributed by atoms with Gasteiger partial charge in [0, 0.05) is 26.1 Å². The lowest BCUT2D eigenvalue weighted by Gasteiger charge is -2.36. The van der Waals surface area contributed by atoms with Crippen LogP contribution in [0.2, 0.25) is 0 Å². The lowest BCUT2D eigenvalue weighted by atomic mass is 10.0. The first kappa shape index (κ1) is 17.4. The molecule has 0 bridgehead atoms. The zero-order valence-corrected chi connectivity index (χ0v) is 13.4. The fourth-order valence-corrected chi connectivity index (χ4v) is 2.72. The van der Waals surface area contributed by atoms with Crippen molar-refractivity contribution in [3.63, 3.8) is 0 Å². The molecule has 8 heteroatoms. The van der Waals surface area contributed by atoms with Crippen LogP contribution in [0.3, 0.4) is 0 Å². The number of piperazine rings is 1. The van der Waals surface area contributed by atoms with Crippen molar-refractivity contribution >= 4 is 18.3 Å². The quantitative estimate of drug-likeness (QED) is 0.914. The number of benzene rings is 1. The minimum atomic E-state index is -0.280. The Hall–Kier alpha value is -1.99. The number of amides is 1. The van der Waals surface area contributed by atoms with Crippen LogP contribution in [0, 0.1) is 5.82 Å². The smallest absolute Gasteiger partial charge is 0.225 e. The summed E-state index contributed by atoms with van der Waals surface area (Å²) in [5.74, 6) is -0.232. The molecule has 1 aromatic heterocycles. The van der Waals surface area contributed by atoms with Crippen LogP contribution in [0.4, 0.5) is 4.39 Å². The number of rotatable bonds is 4. The van der Waals surface area contributed by atoms with Crippen molar-refractivity contribution in [2.45, 2.75) is 19.0 Å². The summed E-state index contributed by atoms with van der Waals surface area (Å²) < 4.78 is 15.1. The van der Waals surface area contributed by atoms with Gasteiger partial charge in [-0.1, -0.05) is 12.1 Å². The third kappa shape index (κ3) is 4.27. The molecule has 1 atom stereocenters. The van der Waals surface area contributed by atoms with Crippen LogP contribution in [0.25, 0.3) is 0 Å². The van der Waals surface area contributed by atoms with Gasteiger partial charge in [0.05, 0.1) is 12.6 Å². The average molecular weight is 340 g/mol. The Balaban J connectivity index is 0.00000192. The second-order valence-electron chi connectivity index (χ2n) is 5.27. The minimum absolute atomic E-state index is 0. The van der Waals surface area contributed by atoms with E-state index in [1.807, 2.05) is 11.0 Å². The van der Waals surface area contributed by atoms with E-state index in [0.29, 0.717) is 26.1 Å². The van der Waals surface area contributed by atoms with E-state index in [-0.39, 0.29) is 30.2 Å². The van der Waals surface area contributed by atoms with Crippen LogP contribution in [0.15, 0.2) is 36.9 Å². The Bertz CT molecular complexity index is 637. The van der Waals surface area contributed by atoms with Crippen molar-refractivity contribution in [3.8, 4) is 0 Å². The van der Waals surface area contributed by atoms with E-state index >= 15 is 0 Å². The summed E-state index contributed by atoms with van der Waals surface area (Å²) in [6.45, 7) is 2.51. The highest BCUT2D eigenvalue weighted by molar-refractivity contribution is 5.85. The first-order valence-electron chi connectivity index (χ1n) is 7.32. The zero-order valence-electron chi connectivity index (χ0n) is 12.6. The molecule has 0 spiro atoms. The number of aromatic nitrogens is 3. The molecule has 1 N–H and O–H groups in total. The molecule has 0 aliphatic carbocycles. The molecule has 6 nitrogen and oxygen atoms in total. The molecule has 1 aliphatic rings. The molecule has 1 aliphatic heterocycles. The Morgan fingerprint density at radius 3 is 3.04 bits per heavy atom. The molecule has 1 amide bonds. The van der Waals surface area contributed by atoms with E-state index in [9.17, 15) is 9.18 Å². The maximum absolute atomic E-state index is 13.4. The normalized spacial score (nSPS) is 17.6. The fourth-order valence-electron chi connectivity index (χ4n) is 2.72. The molecule has 1 unspecified atom stereocenters. The van der Waals surface area contributed by atoms with Gasteiger partial charge in [-0.3, -0.25) is 9.48 Å². The Labute approximate surface area is 140 Å². The molecular formula is C15H19ClFN5O. The van der Waals surface area contributed by atoms with Crippen molar-refractivity contribution in [2.75, 3.05) is 19.6 Å². The van der Waals surface area contributed by atoms with Gasteiger partial charge in [0.1, 0.15) is 18.5 Å². The standard InChI is InChI=1S/C15H18FN5O.ClH/c16-13-3-1-2-12(8-13)14-9-17-5-7-21(14)15(22)4-6-20-11-18-10-19-20;/h1-3,8,10-11,14,17H,4-7,9H2;1H. The maximum Gasteiger partial charge on any atom is 0.225 e. The van der Waals surface area contributed by atoms with Gasteiger partial charge in [-0.2, -0.15) is 5.10 Å². The SMILES string of the molecule is Cl.O=C(CCn1cncn1)N1CCNCC1c1cccc(F)c1. The van der Waals surface area contributed by atoms with Crippen molar-refractivity contribution in [2.24, 2.45) is 0 Å². The molecule has 0 saturated carbocycles. The van der Waals surface area contributed by atoms with Crippen LogP contribution >= 0.6 is 12.4 Å². The van der Waals surface area contributed by atoms with Gasteiger partial charge in [0.15, 0.2) is 0 Å². The summed E-state index contributed by atoms with van der Waals surface area (Å²) in [5.41, 5.74) is 0.821. The van der Waals surface area contributed by atoms with Crippen molar-refractivity contribution in [1.29, 1.82) is 0 Å². The number of carbonyl (C=O) groups is 1. The maximum atomic E-state index is 13.4. The Morgan fingerprint density at radius 1 is 1.43 bits per heavy atom. The number of carbonyl (C=O) groups excluding carboxylic acids is 1. The first-order valence-corrected chi connectivity index (χ1v) is 7.32. The topological polar surface area (TPSA) is 63.1 Å². The highest BCUT2D eigenvalue weighted by Gasteiger charge is 2.27. The molecule has 23 heavy (non-hydrogen) atoms. The van der Waals surface area contributed by atoms with Crippen molar-refractivity contribution < 1.29 is 9.18 Å². The molecular weight excluding hydrogens is 321 g/mol. The Morgan fingerprint density at radius 2 is 2.30 bits per heavy atom. The third-order valence-electron chi connectivity index (χ3n) is 3.82. The largest absolute Gasteiger partial charge is 0.333 e. The monoisotopic (exact) mass is 339 g/mol. The lowest BCUT2D eigenvalue weighted by molar-refractivity contribution is -0.134. The van der Waals surface area contributed by atoms with E-state index in [0.717, 1.165) is 12.1 Å². The molecule has 2 heterocycles. The fraction of sp³-hybridized carbons (Fsp3) is 0.400.